The van der Waals surface area contributed by atoms with Crippen LogP contribution in [0, 0.1) is 0 Å². The molecule has 3 aromatic carbocycles. The minimum atomic E-state index is 0.108. The lowest BCUT2D eigenvalue weighted by Gasteiger charge is -2.13. The number of benzene rings is 3. The second-order valence-corrected chi connectivity index (χ2v) is 5.36. The summed E-state index contributed by atoms with van der Waals surface area (Å²) in [5.74, 6) is 0.108. The number of carbonyl (C=O) groups is 1. The van der Waals surface area contributed by atoms with Gasteiger partial charge in [-0.2, -0.15) is 0 Å². The van der Waals surface area contributed by atoms with Gasteiger partial charge in [-0.25, -0.2) is 0 Å². The molecule has 1 heteroatoms. The third-order valence-corrected chi connectivity index (χ3v) is 4.38. The largest absolute Gasteiger partial charge is 0.289 e. The lowest BCUT2D eigenvalue weighted by atomic mass is 9.89. The minimum Gasteiger partial charge on any atom is -0.289 e. The van der Waals surface area contributed by atoms with E-state index in [0.29, 0.717) is 0 Å². The molecule has 1 nitrogen and oxygen atoms in total. The summed E-state index contributed by atoms with van der Waals surface area (Å²) in [6.07, 6.45) is 3.60. The summed E-state index contributed by atoms with van der Waals surface area (Å²) in [5.41, 5.74) is 7.02. The second kappa shape index (κ2) is 3.26. The molecule has 0 fully saturated rings. The van der Waals surface area contributed by atoms with Crippen LogP contribution < -0.4 is 0 Å². The SMILES string of the molecule is O=C1C=Cc2ccc3c4c(ccc1c24)-c1ccccc1-3. The molecule has 0 N–H and O–H groups in total. The Balaban J connectivity index is 2.08. The van der Waals surface area contributed by atoms with Gasteiger partial charge in [0.05, 0.1) is 0 Å². The van der Waals surface area contributed by atoms with E-state index in [1.807, 2.05) is 12.1 Å². The Morgan fingerprint density at radius 2 is 1.20 bits per heavy atom. The first-order valence-corrected chi connectivity index (χ1v) is 6.76. The van der Waals surface area contributed by atoms with Crippen molar-refractivity contribution in [3.63, 3.8) is 0 Å². The van der Waals surface area contributed by atoms with Crippen molar-refractivity contribution in [3.8, 4) is 22.3 Å². The number of hydrogen-bond donors (Lipinski definition) is 0. The van der Waals surface area contributed by atoms with E-state index in [1.54, 1.807) is 6.08 Å². The van der Waals surface area contributed by atoms with Crippen molar-refractivity contribution >= 4 is 22.6 Å². The Morgan fingerprint density at radius 1 is 0.550 bits per heavy atom. The zero-order chi connectivity index (χ0) is 13.3. The Morgan fingerprint density at radius 3 is 1.95 bits per heavy atom. The molecule has 0 aromatic heterocycles. The van der Waals surface area contributed by atoms with E-state index >= 15 is 0 Å². The summed E-state index contributed by atoms with van der Waals surface area (Å²) in [6, 6.07) is 16.8. The molecule has 5 rings (SSSR count). The predicted molar refractivity (Wildman–Crippen MR) is 81.7 cm³/mol. The molecule has 92 valence electrons. The van der Waals surface area contributed by atoms with Crippen LogP contribution in [0.4, 0.5) is 0 Å². The number of allylic oxidation sites excluding steroid dienone is 1. The Bertz CT molecular complexity index is 932. The van der Waals surface area contributed by atoms with Gasteiger partial charge in [0.15, 0.2) is 5.78 Å². The van der Waals surface area contributed by atoms with Gasteiger partial charge in [-0.15, -0.1) is 0 Å². The van der Waals surface area contributed by atoms with Crippen LogP contribution in [0.1, 0.15) is 15.9 Å². The van der Waals surface area contributed by atoms with Gasteiger partial charge in [0, 0.05) is 10.9 Å². The van der Waals surface area contributed by atoms with Crippen LogP contribution >= 0.6 is 0 Å². The maximum atomic E-state index is 12.1. The highest BCUT2D eigenvalue weighted by molar-refractivity contribution is 6.26. The van der Waals surface area contributed by atoms with Gasteiger partial charge in [0.2, 0.25) is 0 Å². The molecular formula is C19H10O. The Hall–Kier alpha value is -2.67. The lowest BCUT2D eigenvalue weighted by molar-refractivity contribution is 0.104. The molecule has 0 aliphatic heterocycles. The standard InChI is InChI=1S/C19H10O/c20-17-10-6-11-5-7-14-12-3-1-2-4-13(12)15-8-9-16(17)18(11)19(14)15/h1-10H. The van der Waals surface area contributed by atoms with E-state index in [9.17, 15) is 4.79 Å². The fourth-order valence-corrected chi connectivity index (χ4v) is 3.52. The van der Waals surface area contributed by atoms with Crippen molar-refractivity contribution in [1.29, 1.82) is 0 Å². The first kappa shape index (κ1) is 10.2. The van der Waals surface area contributed by atoms with Crippen LogP contribution in [0.3, 0.4) is 0 Å². The zero-order valence-corrected chi connectivity index (χ0v) is 10.7. The molecule has 20 heavy (non-hydrogen) atoms. The van der Waals surface area contributed by atoms with Crippen LogP contribution in [-0.4, -0.2) is 5.78 Å². The number of carbonyl (C=O) groups excluding carboxylic acids is 1. The molecule has 0 saturated heterocycles. The summed E-state index contributed by atoms with van der Waals surface area (Å²) in [4.78, 5) is 12.1. The molecule has 0 spiro atoms. The topological polar surface area (TPSA) is 17.1 Å². The molecule has 3 aromatic rings. The van der Waals surface area contributed by atoms with Crippen LogP contribution in [0.2, 0.25) is 0 Å². The van der Waals surface area contributed by atoms with E-state index in [-0.39, 0.29) is 5.78 Å². The van der Waals surface area contributed by atoms with Crippen molar-refractivity contribution in [2.24, 2.45) is 0 Å². The molecule has 0 atom stereocenters. The van der Waals surface area contributed by atoms with Crippen LogP contribution in [0.5, 0.6) is 0 Å². The zero-order valence-electron chi connectivity index (χ0n) is 10.7. The normalized spacial score (nSPS) is 13.9. The number of rotatable bonds is 0. The summed E-state index contributed by atoms with van der Waals surface area (Å²) < 4.78 is 0. The Labute approximate surface area is 116 Å². The Kier molecular flexibility index (Phi) is 1.65. The predicted octanol–water partition coefficient (Wildman–Crippen LogP) is 4.70. The quantitative estimate of drug-likeness (QED) is 0.444. The molecule has 0 saturated carbocycles. The second-order valence-electron chi connectivity index (χ2n) is 5.36. The molecular weight excluding hydrogens is 244 g/mol. The third kappa shape index (κ3) is 1.03. The van der Waals surface area contributed by atoms with E-state index in [2.05, 4.69) is 42.5 Å². The molecule has 0 heterocycles. The van der Waals surface area contributed by atoms with Crippen molar-refractivity contribution in [1.82, 2.24) is 0 Å². The van der Waals surface area contributed by atoms with Gasteiger partial charge in [0.1, 0.15) is 0 Å². The maximum Gasteiger partial charge on any atom is 0.186 e. The highest BCUT2D eigenvalue weighted by atomic mass is 16.1. The van der Waals surface area contributed by atoms with Gasteiger partial charge in [-0.1, -0.05) is 48.5 Å². The van der Waals surface area contributed by atoms with Crippen molar-refractivity contribution in [3.05, 3.63) is 65.7 Å². The number of fused-ring (bicyclic) bond motifs is 3. The monoisotopic (exact) mass is 254 g/mol. The number of ketones is 1. The fourth-order valence-electron chi connectivity index (χ4n) is 3.52. The van der Waals surface area contributed by atoms with Crippen LogP contribution in [0.15, 0.2) is 54.6 Å². The van der Waals surface area contributed by atoms with E-state index in [1.165, 1.54) is 27.6 Å². The van der Waals surface area contributed by atoms with Crippen LogP contribution in [0.25, 0.3) is 39.1 Å². The molecule has 0 radical (unpaired) electrons. The molecule has 0 bridgehead atoms. The summed E-state index contributed by atoms with van der Waals surface area (Å²) in [6.45, 7) is 0. The van der Waals surface area contributed by atoms with E-state index in [0.717, 1.165) is 16.5 Å². The van der Waals surface area contributed by atoms with E-state index in [4.69, 9.17) is 0 Å². The number of hydrogen-bond acceptors (Lipinski definition) is 1. The highest BCUT2D eigenvalue weighted by Gasteiger charge is 2.25. The van der Waals surface area contributed by atoms with Gasteiger partial charge < -0.3 is 0 Å². The molecule has 2 aliphatic rings. The van der Waals surface area contributed by atoms with Gasteiger partial charge in [-0.3, -0.25) is 4.79 Å². The lowest BCUT2D eigenvalue weighted by Crippen LogP contribution is -2.01. The third-order valence-electron chi connectivity index (χ3n) is 4.38. The summed E-state index contributed by atoms with van der Waals surface area (Å²) in [7, 11) is 0. The summed E-state index contributed by atoms with van der Waals surface area (Å²) >= 11 is 0. The van der Waals surface area contributed by atoms with Gasteiger partial charge >= 0.3 is 0 Å². The minimum absolute atomic E-state index is 0.108. The van der Waals surface area contributed by atoms with Crippen molar-refractivity contribution in [2.45, 2.75) is 0 Å². The first-order valence-electron chi connectivity index (χ1n) is 6.76. The van der Waals surface area contributed by atoms with Crippen molar-refractivity contribution < 1.29 is 4.79 Å². The highest BCUT2D eigenvalue weighted by Crippen LogP contribution is 2.49. The first-order chi connectivity index (χ1) is 9.84. The fraction of sp³-hybridized carbons (Fsp3) is 0. The molecule has 0 amide bonds. The smallest absolute Gasteiger partial charge is 0.186 e. The van der Waals surface area contributed by atoms with Crippen LogP contribution in [-0.2, 0) is 0 Å². The average Bonchev–Trinajstić information content (AvgIpc) is 2.83. The van der Waals surface area contributed by atoms with Gasteiger partial charge in [0.25, 0.3) is 0 Å². The van der Waals surface area contributed by atoms with Crippen molar-refractivity contribution in [2.75, 3.05) is 0 Å². The molecule has 0 unspecified atom stereocenters. The molecule has 2 aliphatic carbocycles. The maximum absolute atomic E-state index is 12.1. The van der Waals surface area contributed by atoms with Gasteiger partial charge in [-0.05, 0) is 45.3 Å². The van der Waals surface area contributed by atoms with E-state index < -0.39 is 0 Å². The summed E-state index contributed by atoms with van der Waals surface area (Å²) in [5, 5.41) is 2.35. The average molecular weight is 254 g/mol.